The van der Waals surface area contributed by atoms with E-state index in [0.29, 0.717) is 5.56 Å². The summed E-state index contributed by atoms with van der Waals surface area (Å²) in [4.78, 5) is 103. The molecule has 0 unspecified atom stereocenters. The zero-order chi connectivity index (χ0) is 37.7. The Labute approximate surface area is 287 Å². The first kappa shape index (κ1) is 40.7. The summed E-state index contributed by atoms with van der Waals surface area (Å²) < 4.78 is 0. The van der Waals surface area contributed by atoms with Crippen LogP contribution in [-0.2, 0) is 44.8 Å². The normalized spacial score (nSPS) is 14.1. The first-order valence-corrected chi connectivity index (χ1v) is 15.9. The molecule has 18 nitrogen and oxygen atoms in total. The molecule has 5 atom stereocenters. The molecule has 6 amide bonds. The molecule has 0 spiro atoms. The first-order chi connectivity index (χ1) is 23.4. The number of hydrogen-bond acceptors (Lipinski definition) is 9. The fourth-order valence-corrected chi connectivity index (χ4v) is 4.99. The van der Waals surface area contributed by atoms with E-state index in [2.05, 4.69) is 31.6 Å². The number of carbonyl (C=O) groups excluding carboxylic acids is 6. The smallest absolute Gasteiger partial charge is 0.326 e. The summed E-state index contributed by atoms with van der Waals surface area (Å²) in [5.41, 5.74) is 12.4. The van der Waals surface area contributed by atoms with Crippen LogP contribution in [0, 0.1) is 11.8 Å². The molecular weight excluding hydrogens is 656 g/mol. The van der Waals surface area contributed by atoms with E-state index >= 15 is 0 Å². The van der Waals surface area contributed by atoms with Crippen molar-refractivity contribution in [3.63, 3.8) is 0 Å². The molecule has 0 bridgehead atoms. The molecule has 0 aliphatic rings. The average Bonchev–Trinajstić information content (AvgIpc) is 3.42. The summed E-state index contributed by atoms with van der Waals surface area (Å²) in [5, 5.41) is 31.5. The molecule has 12 N–H and O–H groups in total. The summed E-state index contributed by atoms with van der Waals surface area (Å²) in [7, 11) is 0. The lowest BCUT2D eigenvalue weighted by Crippen LogP contribution is -2.58. The highest BCUT2D eigenvalue weighted by Crippen LogP contribution is 2.19. The number of aromatic amines is 1. The second kappa shape index (κ2) is 18.9. The van der Waals surface area contributed by atoms with Crippen molar-refractivity contribution in [2.24, 2.45) is 23.3 Å². The van der Waals surface area contributed by atoms with Crippen molar-refractivity contribution in [3.8, 4) is 0 Å². The number of aromatic nitrogens is 1. The number of amides is 6. The number of nitrogens with one attached hydrogen (secondary N) is 6. The van der Waals surface area contributed by atoms with Crippen LogP contribution in [0.2, 0.25) is 0 Å². The molecule has 1 heterocycles. The minimum Gasteiger partial charge on any atom is -0.481 e. The molecule has 0 fully saturated rings. The monoisotopic (exact) mass is 702 g/mol. The van der Waals surface area contributed by atoms with Gasteiger partial charge in [0.05, 0.1) is 25.4 Å². The Hall–Kier alpha value is -5.52. The van der Waals surface area contributed by atoms with E-state index in [-0.39, 0.29) is 18.8 Å². The number of fused-ring (bicyclic) bond motifs is 1. The molecule has 274 valence electrons. The fourth-order valence-electron chi connectivity index (χ4n) is 4.99. The molecule has 50 heavy (non-hydrogen) atoms. The van der Waals surface area contributed by atoms with Crippen LogP contribution < -0.4 is 38.1 Å². The lowest BCUT2D eigenvalue weighted by atomic mass is 10.0. The Morgan fingerprint density at radius 1 is 0.780 bits per heavy atom. The van der Waals surface area contributed by atoms with Crippen LogP contribution in [0.1, 0.15) is 52.5 Å². The van der Waals surface area contributed by atoms with Crippen molar-refractivity contribution in [1.82, 2.24) is 31.6 Å². The van der Waals surface area contributed by atoms with Gasteiger partial charge < -0.3 is 53.2 Å². The summed E-state index contributed by atoms with van der Waals surface area (Å²) in [6.07, 6.45) is 0.317. The average molecular weight is 703 g/mol. The van der Waals surface area contributed by atoms with E-state index in [1.54, 1.807) is 38.2 Å². The number of nitrogens with two attached hydrogens (primary N) is 2. The SMILES string of the molecule is CC(C)C[C@H](N)C(=O)N[C@@H](CC(N)=O)C(=O)NCC(=O)N[C@@H](CC(=O)O)C(=O)N[C@H](C(=O)N[C@@H](Cc1c[nH]c2ccccc12)C(=O)O)C(C)C. The molecule has 2 aromatic rings. The van der Waals surface area contributed by atoms with Crippen molar-refractivity contribution in [2.75, 3.05) is 6.54 Å². The van der Waals surface area contributed by atoms with Crippen molar-refractivity contribution >= 4 is 58.3 Å². The Morgan fingerprint density at radius 2 is 1.40 bits per heavy atom. The molecule has 1 aromatic carbocycles. The minimum absolute atomic E-state index is 0.0571. The lowest BCUT2D eigenvalue weighted by molar-refractivity contribution is -0.143. The third-order valence-electron chi connectivity index (χ3n) is 7.51. The number of primary amides is 1. The largest absolute Gasteiger partial charge is 0.481 e. The maximum Gasteiger partial charge on any atom is 0.326 e. The minimum atomic E-state index is -1.72. The van der Waals surface area contributed by atoms with Crippen molar-refractivity contribution in [3.05, 3.63) is 36.0 Å². The second-order valence-corrected chi connectivity index (χ2v) is 12.6. The van der Waals surface area contributed by atoms with Gasteiger partial charge in [0, 0.05) is 23.5 Å². The van der Waals surface area contributed by atoms with Gasteiger partial charge in [-0.15, -0.1) is 0 Å². The van der Waals surface area contributed by atoms with Crippen LogP contribution in [0.3, 0.4) is 0 Å². The lowest BCUT2D eigenvalue weighted by Gasteiger charge is -2.26. The van der Waals surface area contributed by atoms with Crippen LogP contribution in [0.5, 0.6) is 0 Å². The van der Waals surface area contributed by atoms with E-state index in [1.807, 2.05) is 19.9 Å². The van der Waals surface area contributed by atoms with Gasteiger partial charge in [0.15, 0.2) is 0 Å². The molecule has 2 rings (SSSR count). The number of aliphatic carboxylic acids is 2. The van der Waals surface area contributed by atoms with Gasteiger partial charge in [-0.2, -0.15) is 0 Å². The fraction of sp³-hybridized carbons (Fsp3) is 0.500. The highest BCUT2D eigenvalue weighted by atomic mass is 16.4. The predicted molar refractivity (Wildman–Crippen MR) is 179 cm³/mol. The summed E-state index contributed by atoms with van der Waals surface area (Å²) in [6, 6.07) is 0.303. The van der Waals surface area contributed by atoms with Crippen molar-refractivity contribution in [1.29, 1.82) is 0 Å². The van der Waals surface area contributed by atoms with Crippen molar-refractivity contribution < 1.29 is 48.6 Å². The Bertz CT molecular complexity index is 1570. The zero-order valence-corrected chi connectivity index (χ0v) is 28.3. The highest BCUT2D eigenvalue weighted by Gasteiger charge is 2.33. The number of benzene rings is 1. The molecule has 18 heteroatoms. The summed E-state index contributed by atoms with van der Waals surface area (Å²) in [6.45, 7) is 6.00. The van der Waals surface area contributed by atoms with Crippen molar-refractivity contribution in [2.45, 2.75) is 83.6 Å². The maximum absolute atomic E-state index is 13.3. The second-order valence-electron chi connectivity index (χ2n) is 12.6. The first-order valence-electron chi connectivity index (χ1n) is 15.9. The van der Waals surface area contributed by atoms with E-state index in [1.165, 1.54) is 0 Å². The van der Waals surface area contributed by atoms with Crippen LogP contribution in [0.15, 0.2) is 30.5 Å². The van der Waals surface area contributed by atoms with Gasteiger partial charge in [-0.3, -0.25) is 33.6 Å². The number of carboxylic acid groups (broad SMARTS) is 2. The Morgan fingerprint density at radius 3 is 1.98 bits per heavy atom. The Kier molecular flexibility index (Phi) is 15.3. The van der Waals surface area contributed by atoms with Gasteiger partial charge >= 0.3 is 11.9 Å². The zero-order valence-electron chi connectivity index (χ0n) is 28.3. The number of para-hydroxylation sites is 1. The molecular formula is C32H46N8O10. The number of H-pyrrole nitrogens is 1. The molecule has 0 radical (unpaired) electrons. The van der Waals surface area contributed by atoms with E-state index < -0.39 is 103 Å². The standard InChI is InChI=1S/C32H46N8O10/c1-15(2)9-19(33)28(45)38-21(11-24(34)41)29(46)36-14-25(42)37-22(12-26(43)44)30(47)40-27(16(3)4)31(48)39-23(32(49)50)10-17-13-35-20-8-6-5-7-18(17)20/h5-8,13,15-16,19,21-23,27,35H,9-12,14,33H2,1-4H3,(H2,34,41)(H,36,46)(H,37,42)(H,38,45)(H,39,48)(H,40,47)(H,43,44)(H,49,50)/t19-,21-,22-,23-,27-/m0/s1. The predicted octanol–water partition coefficient (Wildman–Crippen LogP) is -1.77. The molecule has 0 aliphatic heterocycles. The summed E-state index contributed by atoms with van der Waals surface area (Å²) >= 11 is 0. The van der Waals surface area contributed by atoms with Crippen LogP contribution >= 0.6 is 0 Å². The Balaban J connectivity index is 2.09. The number of carbonyl (C=O) groups is 8. The third-order valence-corrected chi connectivity index (χ3v) is 7.51. The van der Waals surface area contributed by atoms with Crippen LogP contribution in [0.4, 0.5) is 0 Å². The van der Waals surface area contributed by atoms with Crippen LogP contribution in [0.25, 0.3) is 10.9 Å². The topological polar surface area (TPSA) is 305 Å². The van der Waals surface area contributed by atoms with Gasteiger partial charge in [0.25, 0.3) is 0 Å². The number of carboxylic acids is 2. The quantitative estimate of drug-likeness (QED) is 0.0736. The van der Waals surface area contributed by atoms with Crippen LogP contribution in [-0.4, -0.2) is 99.3 Å². The highest BCUT2D eigenvalue weighted by molar-refractivity contribution is 5.97. The van der Waals surface area contributed by atoms with Gasteiger partial charge in [-0.1, -0.05) is 45.9 Å². The van der Waals surface area contributed by atoms with E-state index in [4.69, 9.17) is 11.5 Å². The maximum atomic E-state index is 13.3. The third kappa shape index (κ3) is 12.8. The molecule has 0 aliphatic carbocycles. The number of hydrogen-bond donors (Lipinski definition) is 10. The molecule has 1 aromatic heterocycles. The van der Waals surface area contributed by atoms with Gasteiger partial charge in [0.2, 0.25) is 35.4 Å². The van der Waals surface area contributed by atoms with E-state index in [0.717, 1.165) is 10.9 Å². The van der Waals surface area contributed by atoms with Gasteiger partial charge in [0.1, 0.15) is 24.2 Å². The molecule has 0 saturated heterocycles. The number of rotatable bonds is 20. The van der Waals surface area contributed by atoms with Gasteiger partial charge in [-0.05, 0) is 29.9 Å². The summed E-state index contributed by atoms with van der Waals surface area (Å²) in [5.74, 6) is -8.92. The van der Waals surface area contributed by atoms with E-state index in [9.17, 15) is 48.6 Å². The molecule has 0 saturated carbocycles. The van der Waals surface area contributed by atoms with Gasteiger partial charge in [-0.25, -0.2) is 4.79 Å².